The Morgan fingerprint density at radius 3 is 2.84 bits per heavy atom. The van der Waals surface area contributed by atoms with Gasteiger partial charge in [-0.1, -0.05) is 18.5 Å². The molecule has 0 unspecified atom stereocenters. The lowest BCUT2D eigenvalue weighted by atomic mass is 10.0. The Morgan fingerprint density at radius 1 is 1.35 bits per heavy atom. The number of pyridine rings is 1. The van der Waals surface area contributed by atoms with Gasteiger partial charge in [-0.3, -0.25) is 4.79 Å². The van der Waals surface area contributed by atoms with Gasteiger partial charge >= 0.3 is 5.92 Å². The van der Waals surface area contributed by atoms with Crippen molar-refractivity contribution in [1.82, 2.24) is 14.5 Å². The van der Waals surface area contributed by atoms with E-state index in [1.54, 1.807) is 25.2 Å². The van der Waals surface area contributed by atoms with E-state index in [4.69, 9.17) is 16.3 Å². The molecule has 2 aliphatic rings. The van der Waals surface area contributed by atoms with Crippen LogP contribution in [0, 0.1) is 5.92 Å². The van der Waals surface area contributed by atoms with E-state index >= 15 is 0 Å². The highest BCUT2D eigenvalue weighted by Crippen LogP contribution is 2.45. The molecule has 2 aromatic heterocycles. The van der Waals surface area contributed by atoms with Crippen LogP contribution in [0.2, 0.25) is 5.02 Å². The molecule has 1 atom stereocenters. The number of alkyl halides is 2. The number of rotatable bonds is 8. The molecule has 3 heterocycles. The van der Waals surface area contributed by atoms with Crippen molar-refractivity contribution < 1.29 is 18.6 Å². The maximum atomic E-state index is 14.9. The predicted molar refractivity (Wildman–Crippen MR) is 140 cm³/mol. The van der Waals surface area contributed by atoms with Crippen LogP contribution in [0.5, 0.6) is 5.75 Å². The smallest absolute Gasteiger partial charge is 0.301 e. The lowest BCUT2D eigenvalue weighted by molar-refractivity contribution is -0.0579. The van der Waals surface area contributed by atoms with Gasteiger partial charge in [-0.15, -0.1) is 0 Å². The number of ether oxygens (including phenoxy) is 1. The third kappa shape index (κ3) is 4.89. The van der Waals surface area contributed by atoms with Crippen LogP contribution in [0.25, 0.3) is 10.9 Å². The second kappa shape index (κ2) is 9.94. The highest BCUT2D eigenvalue weighted by atomic mass is 35.5. The zero-order chi connectivity index (χ0) is 26.3. The SMILES string of the molecule is CCCN(CCO)c1ncc(Cl)c(Nc2ccc3c(c2)c2c(c(=O)n3C)OCC(F)(F)[C@H](C3CC3)N2)n1. The Morgan fingerprint density at radius 2 is 2.14 bits per heavy atom. The summed E-state index contributed by atoms with van der Waals surface area (Å²) in [6.07, 6.45) is 3.75. The molecule has 0 radical (unpaired) electrons. The first-order chi connectivity index (χ1) is 17.7. The van der Waals surface area contributed by atoms with Gasteiger partial charge in [0.2, 0.25) is 11.7 Å². The molecule has 12 heteroatoms. The molecule has 1 aliphatic heterocycles. The maximum absolute atomic E-state index is 14.9. The molecule has 0 saturated heterocycles. The van der Waals surface area contributed by atoms with Crippen LogP contribution >= 0.6 is 11.6 Å². The van der Waals surface area contributed by atoms with Crippen LogP contribution in [0.3, 0.4) is 0 Å². The molecule has 3 N–H and O–H groups in total. The van der Waals surface area contributed by atoms with Crippen LogP contribution in [0.15, 0.2) is 29.2 Å². The van der Waals surface area contributed by atoms with Gasteiger partial charge in [0.1, 0.15) is 5.02 Å². The summed E-state index contributed by atoms with van der Waals surface area (Å²) in [5.74, 6) is -2.63. The fraction of sp³-hybridized carbons (Fsp3) is 0.480. The van der Waals surface area contributed by atoms with E-state index < -0.39 is 24.1 Å². The molecular formula is C25H29ClF2N6O3. The molecular weight excluding hydrogens is 506 g/mol. The van der Waals surface area contributed by atoms with Gasteiger partial charge in [-0.2, -0.15) is 4.98 Å². The Kier molecular flexibility index (Phi) is 6.84. The number of aromatic nitrogens is 3. The van der Waals surface area contributed by atoms with E-state index in [1.807, 2.05) is 11.8 Å². The molecule has 0 spiro atoms. The first-order valence-corrected chi connectivity index (χ1v) is 12.7. The summed E-state index contributed by atoms with van der Waals surface area (Å²) in [5, 5.41) is 16.4. The summed E-state index contributed by atoms with van der Waals surface area (Å²) >= 11 is 6.38. The zero-order valence-corrected chi connectivity index (χ0v) is 21.4. The van der Waals surface area contributed by atoms with E-state index in [-0.39, 0.29) is 24.0 Å². The van der Waals surface area contributed by atoms with Gasteiger partial charge < -0.3 is 29.9 Å². The Bertz CT molecular complexity index is 1370. The number of aliphatic hydroxyl groups is 1. The van der Waals surface area contributed by atoms with Gasteiger partial charge in [-0.25, -0.2) is 13.8 Å². The molecule has 5 rings (SSSR count). The number of nitrogens with one attached hydrogen (secondary N) is 2. The number of aliphatic hydroxyl groups excluding tert-OH is 1. The van der Waals surface area contributed by atoms with Crippen molar-refractivity contribution in [3.05, 3.63) is 39.8 Å². The molecule has 198 valence electrons. The number of halogens is 3. The molecule has 1 saturated carbocycles. The van der Waals surface area contributed by atoms with Gasteiger partial charge in [0.25, 0.3) is 5.56 Å². The lowest BCUT2D eigenvalue weighted by Gasteiger charge is -2.25. The van der Waals surface area contributed by atoms with Crippen molar-refractivity contribution in [3.8, 4) is 5.75 Å². The van der Waals surface area contributed by atoms with Crippen LogP contribution in [-0.4, -0.2) is 57.9 Å². The Balaban J connectivity index is 1.56. The molecule has 1 fully saturated rings. The summed E-state index contributed by atoms with van der Waals surface area (Å²) in [5.41, 5.74) is 0.940. The Labute approximate surface area is 217 Å². The third-order valence-corrected chi connectivity index (χ3v) is 7.03. The number of anilines is 4. The summed E-state index contributed by atoms with van der Waals surface area (Å²) in [6.45, 7) is 2.17. The number of aryl methyl sites for hydroxylation is 1. The standard InChI is InChI=1S/C25H29ClF2N6O3/c1-3-8-34(9-10-35)24-29-12-17(26)22(32-24)30-15-6-7-18-16(11-15)19-20(23(36)33(18)2)37-13-25(27,28)21(31-19)14-4-5-14/h6-7,11-12,14,21,31,35H,3-5,8-10,13H2,1-2H3,(H,29,30,32)/t21-/m0/s1. The van der Waals surface area contributed by atoms with E-state index in [0.717, 1.165) is 6.42 Å². The normalized spacial score (nSPS) is 18.5. The van der Waals surface area contributed by atoms with Crippen LogP contribution < -0.4 is 25.8 Å². The number of hydrogen-bond acceptors (Lipinski definition) is 8. The average molecular weight is 535 g/mol. The van der Waals surface area contributed by atoms with E-state index in [1.165, 1.54) is 10.8 Å². The minimum absolute atomic E-state index is 0.0424. The monoisotopic (exact) mass is 534 g/mol. The molecule has 0 bridgehead atoms. The van der Waals surface area contributed by atoms with Crippen molar-refractivity contribution in [2.24, 2.45) is 13.0 Å². The van der Waals surface area contributed by atoms with Crippen LogP contribution in [0.4, 0.5) is 31.9 Å². The maximum Gasteiger partial charge on any atom is 0.301 e. The molecule has 37 heavy (non-hydrogen) atoms. The predicted octanol–water partition coefficient (Wildman–Crippen LogP) is 4.15. The minimum Gasteiger partial charge on any atom is -0.480 e. The molecule has 1 aliphatic carbocycles. The van der Waals surface area contributed by atoms with Crippen molar-refractivity contribution in [2.75, 3.05) is 41.8 Å². The first kappa shape index (κ1) is 25.5. The Hall–Kier alpha value is -3.18. The fourth-order valence-corrected chi connectivity index (χ4v) is 4.86. The quantitative estimate of drug-likeness (QED) is 0.396. The number of fused-ring (bicyclic) bond motifs is 3. The topological polar surface area (TPSA) is 105 Å². The third-order valence-electron chi connectivity index (χ3n) is 6.75. The van der Waals surface area contributed by atoms with Gasteiger partial charge in [0, 0.05) is 31.2 Å². The highest BCUT2D eigenvalue weighted by Gasteiger charge is 2.51. The summed E-state index contributed by atoms with van der Waals surface area (Å²) < 4.78 is 36.6. The van der Waals surface area contributed by atoms with Crippen molar-refractivity contribution in [3.63, 3.8) is 0 Å². The van der Waals surface area contributed by atoms with Crippen LogP contribution in [0.1, 0.15) is 26.2 Å². The van der Waals surface area contributed by atoms with E-state index in [9.17, 15) is 18.7 Å². The lowest BCUT2D eigenvalue weighted by Crippen LogP contribution is -2.44. The van der Waals surface area contributed by atoms with Gasteiger partial charge in [0.15, 0.2) is 12.4 Å². The summed E-state index contributed by atoms with van der Waals surface area (Å²) in [7, 11) is 1.58. The molecule has 9 nitrogen and oxygen atoms in total. The highest BCUT2D eigenvalue weighted by molar-refractivity contribution is 6.32. The zero-order valence-electron chi connectivity index (χ0n) is 20.6. The number of nitrogens with zero attached hydrogens (tertiary/aromatic N) is 4. The number of hydrogen-bond donors (Lipinski definition) is 3. The average Bonchev–Trinajstić information content (AvgIpc) is 3.71. The molecule has 3 aromatic rings. The fourth-order valence-electron chi connectivity index (χ4n) is 4.72. The largest absolute Gasteiger partial charge is 0.480 e. The second-order valence-corrected chi connectivity index (χ2v) is 9.92. The minimum atomic E-state index is -3.11. The molecule has 1 aromatic carbocycles. The van der Waals surface area contributed by atoms with Gasteiger partial charge in [-0.05, 0) is 43.4 Å². The summed E-state index contributed by atoms with van der Waals surface area (Å²) in [4.78, 5) is 23.7. The van der Waals surface area contributed by atoms with Crippen LogP contribution in [-0.2, 0) is 7.05 Å². The van der Waals surface area contributed by atoms with E-state index in [0.29, 0.717) is 59.3 Å². The van der Waals surface area contributed by atoms with E-state index in [2.05, 4.69) is 20.6 Å². The first-order valence-electron chi connectivity index (χ1n) is 12.3. The second-order valence-electron chi connectivity index (χ2n) is 9.51. The number of benzene rings is 1. The van der Waals surface area contributed by atoms with Crippen molar-refractivity contribution >= 4 is 45.6 Å². The van der Waals surface area contributed by atoms with Crippen molar-refractivity contribution in [1.29, 1.82) is 0 Å². The van der Waals surface area contributed by atoms with Crippen molar-refractivity contribution in [2.45, 2.75) is 38.2 Å². The summed E-state index contributed by atoms with van der Waals surface area (Å²) in [6, 6.07) is 4.14. The molecule has 0 amide bonds. The van der Waals surface area contributed by atoms with Gasteiger partial charge in [0.05, 0.1) is 30.0 Å².